The molecule has 70 heavy (non-hydrogen) atoms. The van der Waals surface area contributed by atoms with Crippen molar-refractivity contribution in [1.29, 1.82) is 0 Å². The van der Waals surface area contributed by atoms with Crippen LogP contribution in [0.4, 0.5) is 28.4 Å². The van der Waals surface area contributed by atoms with E-state index in [9.17, 15) is 0 Å². The summed E-state index contributed by atoms with van der Waals surface area (Å²) in [6.07, 6.45) is 0. The van der Waals surface area contributed by atoms with E-state index in [0.29, 0.717) is 0 Å². The number of rotatable bonds is 4. The molecule has 0 saturated carbocycles. The number of hydrogen-bond acceptors (Lipinski definition) is 3. The molecular weight excluding hydrogens is 850 g/mol. The number of hydrogen-bond donors (Lipinski definition) is 0. The zero-order valence-electron chi connectivity index (χ0n) is 43.3. The molecule has 0 saturated heterocycles. The minimum absolute atomic E-state index is 0.00106. The number of benzene rings is 8. The SMILES string of the molecule is Cc1cc2c3c(c1)-n1c4ccc(C(C)(C)C)cc4c4cc(C(C)(C)C)cc(c41)B3N(c1cccc3c1oc1ccccc13)c1cc(N(c3ccc(C(C)(C)C)cc3)c3ccc(C(C)(C)C)cc3)ccc1-2. The first-order chi connectivity index (χ1) is 33.1. The van der Waals surface area contributed by atoms with Crippen LogP contribution < -0.4 is 20.6 Å². The Hall–Kier alpha value is -6.98. The molecule has 0 atom stereocenters. The van der Waals surface area contributed by atoms with Crippen LogP contribution in [0.5, 0.6) is 0 Å². The Bertz CT molecular complexity index is 3710. The van der Waals surface area contributed by atoms with Gasteiger partial charge < -0.3 is 18.7 Å². The Morgan fingerprint density at radius 3 is 1.67 bits per heavy atom. The van der Waals surface area contributed by atoms with E-state index in [1.54, 1.807) is 0 Å². The number of nitrogens with zero attached hydrogens (tertiary/aromatic N) is 3. The fourth-order valence-electron chi connectivity index (χ4n) is 11.5. The van der Waals surface area contributed by atoms with E-state index in [0.717, 1.165) is 50.4 Å². The van der Waals surface area contributed by atoms with Crippen LogP contribution in [0.2, 0.25) is 0 Å². The van der Waals surface area contributed by atoms with Gasteiger partial charge in [0.05, 0.1) is 16.7 Å². The second-order valence-corrected chi connectivity index (χ2v) is 24.4. The van der Waals surface area contributed by atoms with Crippen molar-refractivity contribution in [3.63, 3.8) is 0 Å². The minimum Gasteiger partial charge on any atom is -0.454 e. The Balaban J connectivity index is 1.20. The van der Waals surface area contributed by atoms with Crippen molar-refractivity contribution in [3.8, 4) is 16.8 Å². The van der Waals surface area contributed by atoms with Gasteiger partial charge in [-0.05, 0) is 146 Å². The normalized spacial score (nSPS) is 13.7. The van der Waals surface area contributed by atoms with Gasteiger partial charge >= 0.3 is 6.85 Å². The average molecular weight is 914 g/mol. The summed E-state index contributed by atoms with van der Waals surface area (Å²) >= 11 is 0. The van der Waals surface area contributed by atoms with Gasteiger partial charge in [-0.2, -0.15) is 0 Å². The summed E-state index contributed by atoms with van der Waals surface area (Å²) in [4.78, 5) is 5.09. The van der Waals surface area contributed by atoms with Crippen LogP contribution in [-0.2, 0) is 21.7 Å². The smallest absolute Gasteiger partial charge is 0.333 e. The molecule has 8 aromatic carbocycles. The molecule has 0 aliphatic carbocycles. The number of anilines is 5. The highest BCUT2D eigenvalue weighted by Gasteiger charge is 2.45. The first-order valence-corrected chi connectivity index (χ1v) is 25.3. The molecule has 0 N–H and O–H groups in total. The van der Waals surface area contributed by atoms with Crippen LogP contribution in [0.15, 0.2) is 156 Å². The molecule has 12 rings (SSSR count). The van der Waals surface area contributed by atoms with Crippen LogP contribution in [0.1, 0.15) is 111 Å². The molecule has 0 radical (unpaired) electrons. The fraction of sp³-hybridized carbons (Fsp3) is 0.262. The fourth-order valence-corrected chi connectivity index (χ4v) is 11.5. The summed E-state index contributed by atoms with van der Waals surface area (Å²) in [5.41, 5.74) is 22.7. The van der Waals surface area contributed by atoms with E-state index in [2.05, 4.69) is 256 Å². The summed E-state index contributed by atoms with van der Waals surface area (Å²) < 4.78 is 9.65. The van der Waals surface area contributed by atoms with E-state index in [1.807, 2.05) is 0 Å². The summed E-state index contributed by atoms with van der Waals surface area (Å²) in [5, 5.41) is 4.86. The predicted octanol–water partition coefficient (Wildman–Crippen LogP) is 16.9. The maximum Gasteiger partial charge on any atom is 0.333 e. The van der Waals surface area contributed by atoms with Crippen molar-refractivity contribution < 1.29 is 4.42 Å². The number of furan rings is 1. The molecule has 4 nitrogen and oxygen atoms in total. The van der Waals surface area contributed by atoms with Gasteiger partial charge in [0.2, 0.25) is 0 Å². The molecule has 0 bridgehead atoms. The van der Waals surface area contributed by atoms with Crippen molar-refractivity contribution in [2.75, 3.05) is 9.71 Å². The quantitative estimate of drug-likeness (QED) is 0.164. The maximum absolute atomic E-state index is 7.05. The van der Waals surface area contributed by atoms with E-state index < -0.39 is 0 Å². The predicted molar refractivity (Wildman–Crippen MR) is 301 cm³/mol. The van der Waals surface area contributed by atoms with Crippen molar-refractivity contribution in [1.82, 2.24) is 4.57 Å². The Morgan fingerprint density at radius 1 is 0.443 bits per heavy atom. The lowest BCUT2D eigenvalue weighted by Crippen LogP contribution is -2.61. The summed E-state index contributed by atoms with van der Waals surface area (Å²) in [7, 11) is 0. The highest BCUT2D eigenvalue weighted by molar-refractivity contribution is 6.93. The van der Waals surface area contributed by atoms with Gasteiger partial charge in [-0.3, -0.25) is 0 Å². The van der Waals surface area contributed by atoms with Gasteiger partial charge in [0.1, 0.15) is 5.58 Å². The molecule has 2 aliphatic heterocycles. The molecule has 10 aromatic rings. The highest BCUT2D eigenvalue weighted by Crippen LogP contribution is 2.50. The lowest BCUT2D eigenvalue weighted by Gasteiger charge is -2.43. The molecule has 2 aromatic heterocycles. The lowest BCUT2D eigenvalue weighted by atomic mass is 9.43. The third-order valence-electron chi connectivity index (χ3n) is 15.4. The Labute approximate surface area is 414 Å². The second kappa shape index (κ2) is 15.0. The van der Waals surface area contributed by atoms with Gasteiger partial charge in [0, 0.05) is 55.5 Å². The van der Waals surface area contributed by atoms with Crippen LogP contribution >= 0.6 is 0 Å². The average Bonchev–Trinajstić information content (AvgIpc) is 3.86. The molecule has 4 heterocycles. The second-order valence-electron chi connectivity index (χ2n) is 24.4. The molecular formula is C65H64BN3O. The first-order valence-electron chi connectivity index (χ1n) is 25.3. The van der Waals surface area contributed by atoms with Crippen molar-refractivity contribution in [2.45, 2.75) is 112 Å². The van der Waals surface area contributed by atoms with Gasteiger partial charge in [-0.1, -0.05) is 162 Å². The monoisotopic (exact) mass is 914 g/mol. The number of aromatic nitrogens is 1. The summed E-state index contributed by atoms with van der Waals surface area (Å²) in [5.74, 6) is 0. The van der Waals surface area contributed by atoms with Crippen LogP contribution in [0, 0.1) is 6.92 Å². The third-order valence-corrected chi connectivity index (χ3v) is 15.4. The molecule has 0 spiro atoms. The number of para-hydroxylation sites is 2. The number of aryl methyl sites for hydroxylation is 1. The Kier molecular flexibility index (Phi) is 9.49. The largest absolute Gasteiger partial charge is 0.454 e. The molecule has 348 valence electrons. The zero-order valence-corrected chi connectivity index (χ0v) is 43.3. The van der Waals surface area contributed by atoms with Crippen LogP contribution in [0.25, 0.3) is 60.6 Å². The van der Waals surface area contributed by atoms with Gasteiger partial charge in [-0.15, -0.1) is 0 Å². The molecule has 2 aliphatic rings. The topological polar surface area (TPSA) is 24.6 Å². The van der Waals surface area contributed by atoms with Crippen LogP contribution in [0.3, 0.4) is 0 Å². The van der Waals surface area contributed by atoms with Crippen molar-refractivity contribution >= 4 is 90.0 Å². The van der Waals surface area contributed by atoms with Crippen molar-refractivity contribution in [2.24, 2.45) is 0 Å². The summed E-state index contributed by atoms with van der Waals surface area (Å²) in [6.45, 7) is 29.9. The van der Waals surface area contributed by atoms with E-state index >= 15 is 0 Å². The highest BCUT2D eigenvalue weighted by atomic mass is 16.3. The van der Waals surface area contributed by atoms with E-state index in [-0.39, 0.29) is 28.5 Å². The Morgan fingerprint density at radius 2 is 1.03 bits per heavy atom. The zero-order chi connectivity index (χ0) is 49.0. The number of fused-ring (bicyclic) bond motifs is 10. The molecule has 0 unspecified atom stereocenters. The van der Waals surface area contributed by atoms with Crippen LogP contribution in [-0.4, -0.2) is 11.4 Å². The summed E-state index contributed by atoms with van der Waals surface area (Å²) in [6, 6.07) is 58.0. The first kappa shape index (κ1) is 44.2. The van der Waals surface area contributed by atoms with Gasteiger partial charge in [0.25, 0.3) is 0 Å². The molecule has 0 amide bonds. The van der Waals surface area contributed by atoms with Gasteiger partial charge in [0.15, 0.2) is 5.58 Å². The molecule has 0 fully saturated rings. The van der Waals surface area contributed by atoms with E-state index in [4.69, 9.17) is 4.42 Å². The lowest BCUT2D eigenvalue weighted by molar-refractivity contribution is 0.590. The molecule has 5 heteroatoms. The van der Waals surface area contributed by atoms with E-state index in [1.165, 1.54) is 77.4 Å². The standard InChI is InChI=1S/C65H64BN3O/c1-39-33-51-47-31-30-46(67(44-26-21-40(22-27-44)62(2,3)4)45-28-23-41(24-29-45)63(5,6)7)38-56(47)69(55-19-16-18-49-48-17-14-15-20-58(48)70-61(49)55)66-53-37-43(65(11,12)13)36-52-50-35-42(64(8,9)10)25-32-54(50)68(60(52)53)57(34-39)59(51)66/h14-38H,1-13H3. The van der Waals surface area contributed by atoms with Crippen molar-refractivity contribution in [3.05, 3.63) is 179 Å². The maximum atomic E-state index is 7.05. The minimum atomic E-state index is -0.179. The van der Waals surface area contributed by atoms with Gasteiger partial charge in [-0.25, -0.2) is 0 Å². The third kappa shape index (κ3) is 6.78.